The van der Waals surface area contributed by atoms with Gasteiger partial charge in [0.1, 0.15) is 17.7 Å². The first-order valence-corrected chi connectivity index (χ1v) is 12.3. The molecular weight excluding hydrogens is 429 g/mol. The van der Waals surface area contributed by atoms with Crippen LogP contribution in [-0.2, 0) is 11.2 Å². The van der Waals surface area contributed by atoms with Crippen LogP contribution in [0.15, 0.2) is 42.5 Å². The van der Waals surface area contributed by atoms with Gasteiger partial charge >= 0.3 is 0 Å². The van der Waals surface area contributed by atoms with Gasteiger partial charge in [0.2, 0.25) is 0 Å². The molecule has 2 aliphatic rings. The molecule has 2 aromatic carbocycles. The molecule has 0 aliphatic carbocycles. The van der Waals surface area contributed by atoms with E-state index in [0.717, 1.165) is 73.4 Å². The Morgan fingerprint density at radius 1 is 1.15 bits per heavy atom. The lowest BCUT2D eigenvalue weighted by Gasteiger charge is -2.39. The van der Waals surface area contributed by atoms with Crippen LogP contribution in [0.1, 0.15) is 49.6 Å². The standard InChI is InChI=1S/C28H34FN3O2/c1-28(2,29)18-32-15-12-22-21-6-4-5-7-24(21)30-26(22)27(32)23-9-8-20(16-25(23)34-3)31-13-10-19(17-33)11-14-31/h4-9,16-17,19,27,30H,10-15,18H2,1-3H3. The Morgan fingerprint density at radius 2 is 1.91 bits per heavy atom. The van der Waals surface area contributed by atoms with Gasteiger partial charge in [-0.05, 0) is 50.8 Å². The van der Waals surface area contributed by atoms with Gasteiger partial charge in [-0.2, -0.15) is 0 Å². The van der Waals surface area contributed by atoms with Crippen molar-refractivity contribution < 1.29 is 13.9 Å². The van der Waals surface area contributed by atoms with Crippen LogP contribution < -0.4 is 9.64 Å². The molecule has 34 heavy (non-hydrogen) atoms. The molecule has 5 nitrogen and oxygen atoms in total. The van der Waals surface area contributed by atoms with Crippen molar-refractivity contribution in [1.29, 1.82) is 0 Å². The lowest BCUT2D eigenvalue weighted by Crippen LogP contribution is -2.43. The fraction of sp³-hybridized carbons (Fsp3) is 0.464. The largest absolute Gasteiger partial charge is 0.496 e. The van der Waals surface area contributed by atoms with E-state index in [1.54, 1.807) is 21.0 Å². The molecule has 1 saturated heterocycles. The van der Waals surface area contributed by atoms with Crippen LogP contribution in [0.4, 0.5) is 10.1 Å². The van der Waals surface area contributed by atoms with E-state index >= 15 is 0 Å². The first-order chi connectivity index (χ1) is 16.4. The number of hydrogen-bond acceptors (Lipinski definition) is 4. The van der Waals surface area contributed by atoms with Gasteiger partial charge in [-0.1, -0.05) is 24.3 Å². The summed E-state index contributed by atoms with van der Waals surface area (Å²) in [5, 5.41) is 1.25. The molecule has 1 atom stereocenters. The zero-order chi connectivity index (χ0) is 23.9. The number of para-hydroxylation sites is 1. The van der Waals surface area contributed by atoms with Gasteiger partial charge in [0.05, 0.1) is 13.2 Å². The molecule has 3 aromatic rings. The number of piperidine rings is 1. The number of nitrogens with zero attached hydrogens (tertiary/aromatic N) is 2. The number of alkyl halides is 1. The van der Waals surface area contributed by atoms with Crippen molar-refractivity contribution in [2.75, 3.05) is 38.2 Å². The lowest BCUT2D eigenvalue weighted by atomic mass is 9.90. The van der Waals surface area contributed by atoms with E-state index in [1.807, 2.05) is 6.07 Å². The van der Waals surface area contributed by atoms with Gasteiger partial charge in [0.25, 0.3) is 0 Å². The molecule has 3 heterocycles. The first kappa shape index (κ1) is 22.9. The summed E-state index contributed by atoms with van der Waals surface area (Å²) in [6.45, 7) is 6.16. The van der Waals surface area contributed by atoms with E-state index in [4.69, 9.17) is 4.74 Å². The number of ether oxygens (including phenoxy) is 1. The van der Waals surface area contributed by atoms with Crippen molar-refractivity contribution in [2.24, 2.45) is 5.92 Å². The van der Waals surface area contributed by atoms with Crippen LogP contribution in [-0.4, -0.2) is 55.1 Å². The van der Waals surface area contributed by atoms with Gasteiger partial charge in [-0.3, -0.25) is 4.90 Å². The number of methoxy groups -OCH3 is 1. The Labute approximate surface area is 200 Å². The molecule has 0 radical (unpaired) electrons. The third-order valence-electron chi connectivity index (χ3n) is 7.32. The number of H-pyrrole nitrogens is 1. The van der Waals surface area contributed by atoms with Crippen LogP contribution in [0.2, 0.25) is 0 Å². The third-order valence-corrected chi connectivity index (χ3v) is 7.32. The highest BCUT2D eigenvalue weighted by Crippen LogP contribution is 2.43. The Morgan fingerprint density at radius 3 is 2.62 bits per heavy atom. The number of benzene rings is 2. The molecule has 2 aliphatic heterocycles. The highest BCUT2D eigenvalue weighted by molar-refractivity contribution is 5.85. The van der Waals surface area contributed by atoms with E-state index in [0.29, 0.717) is 6.54 Å². The number of nitrogens with one attached hydrogen (secondary N) is 1. The minimum absolute atomic E-state index is 0.115. The minimum atomic E-state index is -1.31. The van der Waals surface area contributed by atoms with Crippen molar-refractivity contribution in [3.8, 4) is 5.75 Å². The summed E-state index contributed by atoms with van der Waals surface area (Å²) in [4.78, 5) is 19.4. The molecule has 180 valence electrons. The van der Waals surface area contributed by atoms with E-state index in [9.17, 15) is 9.18 Å². The Kier molecular flexibility index (Phi) is 6.11. The third kappa shape index (κ3) is 4.31. The number of aromatic nitrogens is 1. The minimum Gasteiger partial charge on any atom is -0.496 e. The van der Waals surface area contributed by atoms with Gasteiger partial charge < -0.3 is 19.4 Å². The highest BCUT2D eigenvalue weighted by atomic mass is 19.1. The number of halogens is 1. The van der Waals surface area contributed by atoms with Crippen LogP contribution in [0.25, 0.3) is 10.9 Å². The predicted molar refractivity (Wildman–Crippen MR) is 135 cm³/mol. The molecule has 1 N–H and O–H groups in total. The first-order valence-electron chi connectivity index (χ1n) is 12.3. The van der Waals surface area contributed by atoms with E-state index in [2.05, 4.69) is 51.2 Å². The zero-order valence-corrected chi connectivity index (χ0v) is 20.3. The van der Waals surface area contributed by atoms with Crippen LogP contribution in [0, 0.1) is 5.92 Å². The van der Waals surface area contributed by atoms with E-state index in [-0.39, 0.29) is 12.0 Å². The Balaban J connectivity index is 1.56. The Bertz CT molecular complexity index is 1170. The topological polar surface area (TPSA) is 48.6 Å². The van der Waals surface area contributed by atoms with Crippen molar-refractivity contribution in [1.82, 2.24) is 9.88 Å². The number of aldehydes is 1. The smallest absolute Gasteiger partial charge is 0.126 e. The molecule has 5 rings (SSSR count). The van der Waals surface area contributed by atoms with Crippen molar-refractivity contribution >= 4 is 22.9 Å². The molecule has 1 unspecified atom stereocenters. The van der Waals surface area contributed by atoms with Crippen molar-refractivity contribution in [3.05, 3.63) is 59.3 Å². The van der Waals surface area contributed by atoms with Gasteiger partial charge in [-0.15, -0.1) is 0 Å². The number of anilines is 1. The summed E-state index contributed by atoms with van der Waals surface area (Å²) in [7, 11) is 1.71. The number of carbonyl (C=O) groups is 1. The quantitative estimate of drug-likeness (QED) is 0.505. The fourth-order valence-corrected chi connectivity index (χ4v) is 5.71. The summed E-state index contributed by atoms with van der Waals surface area (Å²) in [6.07, 6.45) is 3.74. The molecule has 6 heteroatoms. The second kappa shape index (κ2) is 9.06. The maximum Gasteiger partial charge on any atom is 0.126 e. The van der Waals surface area contributed by atoms with Gasteiger partial charge in [-0.25, -0.2) is 4.39 Å². The number of carbonyl (C=O) groups excluding carboxylic acids is 1. The van der Waals surface area contributed by atoms with Crippen LogP contribution in [0.3, 0.4) is 0 Å². The fourth-order valence-electron chi connectivity index (χ4n) is 5.71. The molecule has 1 aromatic heterocycles. The lowest BCUT2D eigenvalue weighted by molar-refractivity contribution is -0.111. The summed E-state index contributed by atoms with van der Waals surface area (Å²) >= 11 is 0. The predicted octanol–water partition coefficient (Wildman–Crippen LogP) is 5.29. The van der Waals surface area contributed by atoms with Crippen molar-refractivity contribution in [3.63, 3.8) is 0 Å². The van der Waals surface area contributed by atoms with Gasteiger partial charge in [0.15, 0.2) is 0 Å². The molecule has 0 saturated carbocycles. The van der Waals surface area contributed by atoms with E-state index < -0.39 is 5.67 Å². The molecular formula is C28H34FN3O2. The number of hydrogen-bond donors (Lipinski definition) is 1. The molecule has 0 spiro atoms. The summed E-state index contributed by atoms with van der Waals surface area (Å²) < 4.78 is 20.8. The molecule has 0 amide bonds. The maximum absolute atomic E-state index is 14.9. The average molecular weight is 464 g/mol. The molecule has 1 fully saturated rings. The average Bonchev–Trinajstić information content (AvgIpc) is 3.21. The van der Waals surface area contributed by atoms with Crippen LogP contribution in [0.5, 0.6) is 5.75 Å². The van der Waals surface area contributed by atoms with E-state index in [1.165, 1.54) is 10.9 Å². The summed E-state index contributed by atoms with van der Waals surface area (Å²) in [5.41, 5.74) is 4.41. The zero-order valence-electron chi connectivity index (χ0n) is 20.3. The van der Waals surface area contributed by atoms with Crippen LogP contribution >= 0.6 is 0 Å². The monoisotopic (exact) mass is 463 g/mol. The normalized spacial score (nSPS) is 19.9. The summed E-state index contributed by atoms with van der Waals surface area (Å²) in [6, 6.07) is 14.7. The number of fused-ring (bicyclic) bond motifs is 3. The van der Waals surface area contributed by atoms with Crippen molar-refractivity contribution in [2.45, 2.75) is 44.8 Å². The maximum atomic E-state index is 14.9. The Hall–Kier alpha value is -2.86. The second-order valence-corrected chi connectivity index (χ2v) is 10.3. The number of rotatable bonds is 6. The highest BCUT2D eigenvalue weighted by Gasteiger charge is 2.36. The molecule has 0 bridgehead atoms. The van der Waals surface area contributed by atoms with Gasteiger partial charge in [0, 0.05) is 66.0 Å². The SMILES string of the molecule is COc1cc(N2CCC(C=O)CC2)ccc1C1c2[nH]c3ccccc3c2CCN1CC(C)(C)F. The second-order valence-electron chi connectivity index (χ2n) is 10.3. The summed E-state index contributed by atoms with van der Waals surface area (Å²) in [5.74, 6) is 0.978. The number of aromatic amines is 1.